The Balaban J connectivity index is 1.73. The van der Waals surface area contributed by atoms with Gasteiger partial charge in [0.1, 0.15) is 5.75 Å². The third-order valence-electron chi connectivity index (χ3n) is 3.62. The highest BCUT2D eigenvalue weighted by Gasteiger charge is 2.04. The van der Waals surface area contributed by atoms with Crippen LogP contribution in [0.5, 0.6) is 5.75 Å². The van der Waals surface area contributed by atoms with Crippen LogP contribution in [0, 0.1) is 6.92 Å². The Kier molecular flexibility index (Phi) is 6.83. The second-order valence-corrected chi connectivity index (χ2v) is 6.15. The number of carbonyl (C=O) groups excluding carboxylic acids is 1. The van der Waals surface area contributed by atoms with Crippen molar-refractivity contribution in [2.24, 2.45) is 5.10 Å². The number of nitrogens with two attached hydrogens (primary N) is 1. The van der Waals surface area contributed by atoms with Gasteiger partial charge in [0.25, 0.3) is 0 Å². The van der Waals surface area contributed by atoms with Crippen LogP contribution < -0.4 is 15.9 Å². The Labute approximate surface area is 152 Å². The molecule has 0 atom stereocenters. The van der Waals surface area contributed by atoms with E-state index >= 15 is 0 Å². The number of halogens is 1. The molecule has 0 fully saturated rings. The predicted octanol–water partition coefficient (Wildman–Crippen LogP) is 3.93. The lowest BCUT2D eigenvalue weighted by Crippen LogP contribution is -2.19. The molecule has 3 N–H and O–H groups in total. The summed E-state index contributed by atoms with van der Waals surface area (Å²) in [5.41, 5.74) is 11.5. The number of hydrogen-bond acceptors (Lipinski definition) is 4. The van der Waals surface area contributed by atoms with Gasteiger partial charge in [-0.05, 0) is 61.7 Å². The molecule has 0 bridgehead atoms. The van der Waals surface area contributed by atoms with Crippen LogP contribution >= 0.6 is 11.6 Å². The minimum Gasteiger partial charge on any atom is -0.493 e. The van der Waals surface area contributed by atoms with Gasteiger partial charge < -0.3 is 10.5 Å². The molecule has 0 radical (unpaired) electrons. The molecule has 1 amide bonds. The molecular weight excluding hydrogens is 338 g/mol. The van der Waals surface area contributed by atoms with Gasteiger partial charge in [-0.15, -0.1) is 0 Å². The number of hydrazone groups is 1. The Hall–Kier alpha value is -2.53. The molecule has 0 unspecified atom stereocenters. The molecule has 0 aliphatic carbocycles. The van der Waals surface area contributed by atoms with Gasteiger partial charge in [0.2, 0.25) is 5.91 Å². The number of ether oxygens (including phenoxy) is 1. The third-order valence-corrected chi connectivity index (χ3v) is 3.85. The SMILES string of the molecule is C/C(=N\NC(=O)CCCOc1ccc(Cl)cc1C)c1ccc(N)cc1. The summed E-state index contributed by atoms with van der Waals surface area (Å²) in [5.74, 6) is 0.633. The zero-order chi connectivity index (χ0) is 18.2. The molecule has 2 rings (SSSR count). The van der Waals surface area contributed by atoms with Crippen molar-refractivity contribution in [2.75, 3.05) is 12.3 Å². The van der Waals surface area contributed by atoms with E-state index in [-0.39, 0.29) is 5.91 Å². The maximum atomic E-state index is 11.8. The second kappa shape index (κ2) is 9.08. The van der Waals surface area contributed by atoms with E-state index in [2.05, 4.69) is 10.5 Å². The molecule has 2 aromatic carbocycles. The second-order valence-electron chi connectivity index (χ2n) is 5.72. The molecule has 0 heterocycles. The zero-order valence-corrected chi connectivity index (χ0v) is 15.1. The lowest BCUT2D eigenvalue weighted by atomic mass is 10.1. The van der Waals surface area contributed by atoms with Crippen molar-refractivity contribution in [2.45, 2.75) is 26.7 Å². The maximum Gasteiger partial charge on any atom is 0.240 e. The van der Waals surface area contributed by atoms with Gasteiger partial charge in [0, 0.05) is 17.1 Å². The number of hydrogen-bond donors (Lipinski definition) is 2. The highest BCUT2D eigenvalue weighted by Crippen LogP contribution is 2.21. The topological polar surface area (TPSA) is 76.7 Å². The van der Waals surface area contributed by atoms with Gasteiger partial charge in [-0.2, -0.15) is 5.10 Å². The van der Waals surface area contributed by atoms with Crippen LogP contribution in [0.4, 0.5) is 5.69 Å². The molecule has 0 saturated heterocycles. The first kappa shape index (κ1) is 18.8. The van der Waals surface area contributed by atoms with Crippen LogP contribution in [0.15, 0.2) is 47.6 Å². The summed E-state index contributed by atoms with van der Waals surface area (Å²) in [6.45, 7) is 4.22. The smallest absolute Gasteiger partial charge is 0.240 e. The van der Waals surface area contributed by atoms with Gasteiger partial charge in [0.05, 0.1) is 12.3 Å². The summed E-state index contributed by atoms with van der Waals surface area (Å²) >= 11 is 5.90. The Morgan fingerprint density at radius 3 is 2.64 bits per heavy atom. The van der Waals surface area contributed by atoms with E-state index in [1.165, 1.54) is 0 Å². The van der Waals surface area contributed by atoms with Crippen LogP contribution in [-0.4, -0.2) is 18.2 Å². The summed E-state index contributed by atoms with van der Waals surface area (Å²) in [6.07, 6.45) is 0.940. The number of nitrogens with one attached hydrogen (secondary N) is 1. The molecule has 0 saturated carbocycles. The number of benzene rings is 2. The molecule has 5 nitrogen and oxygen atoms in total. The van der Waals surface area contributed by atoms with Crippen molar-refractivity contribution >= 4 is 28.9 Å². The van der Waals surface area contributed by atoms with E-state index in [1.54, 1.807) is 18.2 Å². The molecule has 0 aliphatic heterocycles. The van der Waals surface area contributed by atoms with Crippen LogP contribution in [-0.2, 0) is 4.79 Å². The van der Waals surface area contributed by atoms with Crippen LogP contribution in [0.2, 0.25) is 5.02 Å². The zero-order valence-electron chi connectivity index (χ0n) is 14.4. The number of anilines is 1. The standard InChI is InChI=1S/C19H22ClN3O2/c1-13-12-16(20)7-10-18(13)25-11-3-4-19(24)23-22-14(2)15-5-8-17(21)9-6-15/h5-10,12H,3-4,11,21H2,1-2H3,(H,23,24)/b22-14+. The molecule has 2 aromatic rings. The monoisotopic (exact) mass is 359 g/mol. The van der Waals surface area contributed by atoms with E-state index < -0.39 is 0 Å². The first-order chi connectivity index (χ1) is 12.0. The van der Waals surface area contributed by atoms with Crippen molar-refractivity contribution in [3.8, 4) is 5.75 Å². The Morgan fingerprint density at radius 2 is 1.96 bits per heavy atom. The molecule has 0 aromatic heterocycles. The number of nitrogens with zero attached hydrogens (tertiary/aromatic N) is 1. The molecule has 25 heavy (non-hydrogen) atoms. The van der Waals surface area contributed by atoms with Gasteiger partial charge >= 0.3 is 0 Å². The predicted molar refractivity (Wildman–Crippen MR) is 102 cm³/mol. The maximum absolute atomic E-state index is 11.8. The van der Waals surface area contributed by atoms with Crippen LogP contribution in [0.1, 0.15) is 30.9 Å². The number of nitrogen functional groups attached to an aromatic ring is 1. The third kappa shape index (κ3) is 6.12. The minimum absolute atomic E-state index is 0.147. The van der Waals surface area contributed by atoms with Crippen LogP contribution in [0.25, 0.3) is 0 Å². The fourth-order valence-corrected chi connectivity index (χ4v) is 2.41. The van der Waals surface area contributed by atoms with Gasteiger partial charge in [0.15, 0.2) is 0 Å². The molecular formula is C19H22ClN3O2. The number of carbonyl (C=O) groups is 1. The van der Waals surface area contributed by atoms with Crippen molar-refractivity contribution in [1.82, 2.24) is 5.43 Å². The van der Waals surface area contributed by atoms with Gasteiger partial charge in [-0.25, -0.2) is 5.43 Å². The van der Waals surface area contributed by atoms with Crippen molar-refractivity contribution in [3.63, 3.8) is 0 Å². The van der Waals surface area contributed by atoms with Gasteiger partial charge in [-0.3, -0.25) is 4.79 Å². The highest BCUT2D eigenvalue weighted by molar-refractivity contribution is 6.30. The number of rotatable bonds is 7. The van der Waals surface area contributed by atoms with Crippen molar-refractivity contribution in [1.29, 1.82) is 0 Å². The van der Waals surface area contributed by atoms with Gasteiger partial charge in [-0.1, -0.05) is 23.7 Å². The highest BCUT2D eigenvalue weighted by atomic mass is 35.5. The summed E-state index contributed by atoms with van der Waals surface area (Å²) < 4.78 is 5.66. The fourth-order valence-electron chi connectivity index (χ4n) is 2.18. The number of aryl methyl sites for hydroxylation is 1. The summed E-state index contributed by atoms with van der Waals surface area (Å²) in [5, 5.41) is 4.78. The van der Waals surface area contributed by atoms with E-state index in [4.69, 9.17) is 22.1 Å². The quantitative estimate of drug-likeness (QED) is 0.340. The first-order valence-corrected chi connectivity index (χ1v) is 8.41. The number of amides is 1. The summed E-state index contributed by atoms with van der Waals surface area (Å²) in [6, 6.07) is 12.8. The van der Waals surface area contributed by atoms with Crippen molar-refractivity contribution in [3.05, 3.63) is 58.6 Å². The van der Waals surface area contributed by atoms with Crippen molar-refractivity contribution < 1.29 is 9.53 Å². The Bertz CT molecular complexity index is 758. The van der Waals surface area contributed by atoms with Crippen LogP contribution in [0.3, 0.4) is 0 Å². The summed E-state index contributed by atoms with van der Waals surface area (Å²) in [4.78, 5) is 11.8. The molecule has 0 aliphatic rings. The lowest BCUT2D eigenvalue weighted by Gasteiger charge is -2.09. The average molecular weight is 360 g/mol. The molecule has 6 heteroatoms. The van der Waals surface area contributed by atoms with E-state index in [1.807, 2.05) is 38.1 Å². The summed E-state index contributed by atoms with van der Waals surface area (Å²) in [7, 11) is 0. The van der Waals surface area contributed by atoms with E-state index in [0.29, 0.717) is 30.2 Å². The van der Waals surface area contributed by atoms with E-state index in [0.717, 1.165) is 22.6 Å². The lowest BCUT2D eigenvalue weighted by molar-refractivity contribution is -0.121. The Morgan fingerprint density at radius 1 is 1.24 bits per heavy atom. The average Bonchev–Trinajstić information content (AvgIpc) is 2.58. The minimum atomic E-state index is -0.147. The first-order valence-electron chi connectivity index (χ1n) is 8.03. The van der Waals surface area contributed by atoms with E-state index in [9.17, 15) is 4.79 Å². The fraction of sp³-hybridized carbons (Fsp3) is 0.263. The molecule has 132 valence electrons. The largest absolute Gasteiger partial charge is 0.493 e. The molecule has 0 spiro atoms. The normalized spacial score (nSPS) is 11.2.